The van der Waals surface area contributed by atoms with E-state index in [1.165, 1.54) is 0 Å². The van der Waals surface area contributed by atoms with Gasteiger partial charge in [0.05, 0.1) is 19.8 Å². The third-order valence-electron chi connectivity index (χ3n) is 4.76. The molecule has 0 spiro atoms. The Morgan fingerprint density at radius 2 is 1.53 bits per heavy atom. The molecular formula is C24H22N2O4. The molecule has 0 amide bonds. The molecule has 0 fully saturated rings. The van der Waals surface area contributed by atoms with Crippen LogP contribution in [0.2, 0.25) is 0 Å². The second-order valence-electron chi connectivity index (χ2n) is 6.66. The average molecular weight is 402 g/mol. The Morgan fingerprint density at radius 3 is 2.30 bits per heavy atom. The molecule has 1 aromatic heterocycles. The van der Waals surface area contributed by atoms with Crippen LogP contribution in [0.25, 0.3) is 22.8 Å². The van der Waals surface area contributed by atoms with Crippen LogP contribution in [0.3, 0.4) is 0 Å². The average Bonchev–Trinajstić information content (AvgIpc) is 3.30. The molecule has 0 N–H and O–H groups in total. The number of aromatic nitrogens is 2. The fourth-order valence-corrected chi connectivity index (χ4v) is 3.16. The molecule has 3 aromatic carbocycles. The van der Waals surface area contributed by atoms with Gasteiger partial charge in [-0.05, 0) is 42.8 Å². The fourth-order valence-electron chi connectivity index (χ4n) is 3.16. The van der Waals surface area contributed by atoms with Gasteiger partial charge in [-0.3, -0.25) is 0 Å². The summed E-state index contributed by atoms with van der Waals surface area (Å²) in [7, 11) is 3.21. The topological polar surface area (TPSA) is 66.6 Å². The lowest BCUT2D eigenvalue weighted by Gasteiger charge is -2.17. The molecule has 4 rings (SSSR count). The predicted molar refractivity (Wildman–Crippen MR) is 114 cm³/mol. The van der Waals surface area contributed by atoms with Crippen molar-refractivity contribution in [1.82, 2.24) is 10.1 Å². The fraction of sp³-hybridized carbons (Fsp3) is 0.167. The van der Waals surface area contributed by atoms with Gasteiger partial charge in [0.2, 0.25) is 5.82 Å². The molecule has 0 aliphatic carbocycles. The Kier molecular flexibility index (Phi) is 5.66. The Balaban J connectivity index is 1.60. The Labute approximate surface area is 175 Å². The number of ether oxygens (including phenoxy) is 3. The third kappa shape index (κ3) is 3.98. The molecule has 0 aliphatic heterocycles. The van der Waals surface area contributed by atoms with Gasteiger partial charge in [-0.2, -0.15) is 4.98 Å². The molecule has 0 aliphatic rings. The van der Waals surface area contributed by atoms with Gasteiger partial charge >= 0.3 is 0 Å². The van der Waals surface area contributed by atoms with E-state index in [1.807, 2.05) is 79.7 Å². The summed E-state index contributed by atoms with van der Waals surface area (Å²) in [5.74, 6) is 2.75. The first-order valence-electron chi connectivity index (χ1n) is 9.56. The highest BCUT2D eigenvalue weighted by Crippen LogP contribution is 2.35. The van der Waals surface area contributed by atoms with E-state index < -0.39 is 0 Å². The van der Waals surface area contributed by atoms with E-state index in [9.17, 15) is 0 Å². The molecule has 30 heavy (non-hydrogen) atoms. The lowest BCUT2D eigenvalue weighted by atomic mass is 10.1. The van der Waals surface area contributed by atoms with Gasteiger partial charge < -0.3 is 18.7 Å². The van der Waals surface area contributed by atoms with Gasteiger partial charge in [0.1, 0.15) is 11.9 Å². The number of rotatable bonds is 7. The van der Waals surface area contributed by atoms with E-state index in [1.54, 1.807) is 14.2 Å². The van der Waals surface area contributed by atoms with Crippen LogP contribution in [0.4, 0.5) is 0 Å². The van der Waals surface area contributed by atoms with Crippen LogP contribution in [-0.2, 0) is 0 Å². The summed E-state index contributed by atoms with van der Waals surface area (Å²) in [4.78, 5) is 4.52. The molecule has 152 valence electrons. The number of para-hydroxylation sites is 1. The van der Waals surface area contributed by atoms with E-state index in [0.717, 1.165) is 16.7 Å². The maximum Gasteiger partial charge on any atom is 0.262 e. The molecule has 1 atom stereocenters. The van der Waals surface area contributed by atoms with Crippen LogP contribution in [-0.4, -0.2) is 24.4 Å². The van der Waals surface area contributed by atoms with Gasteiger partial charge in [-0.1, -0.05) is 47.6 Å². The molecule has 0 saturated heterocycles. The van der Waals surface area contributed by atoms with Crippen molar-refractivity contribution < 1.29 is 18.7 Å². The first kappa shape index (κ1) is 19.5. The smallest absolute Gasteiger partial charge is 0.262 e. The van der Waals surface area contributed by atoms with E-state index >= 15 is 0 Å². The summed E-state index contributed by atoms with van der Waals surface area (Å²) in [6.07, 6.45) is -0.117. The zero-order valence-electron chi connectivity index (χ0n) is 17.0. The van der Waals surface area contributed by atoms with E-state index in [4.69, 9.17) is 18.7 Å². The van der Waals surface area contributed by atoms with E-state index in [2.05, 4.69) is 10.1 Å². The van der Waals surface area contributed by atoms with Crippen LogP contribution in [0.15, 0.2) is 77.3 Å². The minimum Gasteiger partial charge on any atom is -0.496 e. The summed E-state index contributed by atoms with van der Waals surface area (Å²) in [6, 6.07) is 23.1. The number of hydrogen-bond acceptors (Lipinski definition) is 6. The second kappa shape index (κ2) is 8.69. The summed E-state index contributed by atoms with van der Waals surface area (Å²) < 4.78 is 22.5. The van der Waals surface area contributed by atoms with Crippen molar-refractivity contribution in [3.05, 3.63) is 78.4 Å². The second-order valence-corrected chi connectivity index (χ2v) is 6.66. The van der Waals surface area contributed by atoms with Gasteiger partial charge in [0, 0.05) is 5.56 Å². The van der Waals surface area contributed by atoms with Crippen LogP contribution in [0.1, 0.15) is 18.6 Å². The molecule has 6 nitrogen and oxygen atoms in total. The predicted octanol–water partition coefficient (Wildman–Crippen LogP) is 5.56. The van der Waals surface area contributed by atoms with Crippen molar-refractivity contribution in [2.45, 2.75) is 13.0 Å². The summed E-state index contributed by atoms with van der Waals surface area (Å²) in [5, 5.41) is 4.11. The van der Waals surface area contributed by atoms with Crippen molar-refractivity contribution in [2.24, 2.45) is 0 Å². The number of nitrogens with zero attached hydrogens (tertiary/aromatic N) is 2. The van der Waals surface area contributed by atoms with Crippen LogP contribution in [0.5, 0.6) is 17.2 Å². The molecule has 0 bridgehead atoms. The molecule has 6 heteroatoms. The maximum absolute atomic E-state index is 6.11. The Hall–Kier alpha value is -3.80. The molecule has 4 aromatic rings. The monoisotopic (exact) mass is 402 g/mol. The third-order valence-corrected chi connectivity index (χ3v) is 4.76. The minimum atomic E-state index is -0.117. The van der Waals surface area contributed by atoms with Crippen molar-refractivity contribution in [3.8, 4) is 40.1 Å². The summed E-state index contributed by atoms with van der Waals surface area (Å²) >= 11 is 0. The van der Waals surface area contributed by atoms with Crippen molar-refractivity contribution >= 4 is 0 Å². The van der Waals surface area contributed by atoms with Crippen LogP contribution >= 0.6 is 0 Å². The molecule has 0 unspecified atom stereocenters. The first-order chi connectivity index (χ1) is 14.7. The molecular weight excluding hydrogens is 380 g/mol. The first-order valence-corrected chi connectivity index (χ1v) is 9.56. The van der Waals surface area contributed by atoms with Gasteiger partial charge in [0.25, 0.3) is 5.89 Å². The summed E-state index contributed by atoms with van der Waals surface area (Å²) in [5.41, 5.74) is 2.59. The molecule has 1 heterocycles. The highest BCUT2D eigenvalue weighted by Gasteiger charge is 2.17. The van der Waals surface area contributed by atoms with E-state index in [0.29, 0.717) is 29.0 Å². The van der Waals surface area contributed by atoms with E-state index in [-0.39, 0.29) is 6.10 Å². The van der Waals surface area contributed by atoms with Crippen molar-refractivity contribution in [2.75, 3.05) is 14.2 Å². The lowest BCUT2D eigenvalue weighted by Crippen LogP contribution is -2.04. The number of benzene rings is 3. The maximum atomic E-state index is 6.11. The Bertz CT molecular complexity index is 1130. The standard InChI is InChI=1S/C24H22N2O4/c1-16(17-9-5-4-6-10-17)29-21-14-13-18(15-22(21)28-3)23-25-24(30-26-23)19-11-7-8-12-20(19)27-2/h4-16H,1-3H3/t16-/m0/s1. The van der Waals surface area contributed by atoms with Crippen molar-refractivity contribution in [3.63, 3.8) is 0 Å². The van der Waals surface area contributed by atoms with Gasteiger partial charge in [0.15, 0.2) is 11.5 Å². The summed E-state index contributed by atoms with van der Waals surface area (Å²) in [6.45, 7) is 2.00. The minimum absolute atomic E-state index is 0.117. The van der Waals surface area contributed by atoms with Crippen LogP contribution < -0.4 is 14.2 Å². The van der Waals surface area contributed by atoms with Gasteiger partial charge in [-0.25, -0.2) is 0 Å². The molecule has 0 radical (unpaired) electrons. The highest BCUT2D eigenvalue weighted by molar-refractivity contribution is 5.66. The SMILES string of the molecule is COc1cc(-c2noc(-c3ccccc3OC)n2)ccc1O[C@@H](C)c1ccccc1. The number of hydrogen-bond donors (Lipinski definition) is 0. The zero-order valence-corrected chi connectivity index (χ0v) is 17.0. The quantitative estimate of drug-likeness (QED) is 0.403. The number of methoxy groups -OCH3 is 2. The molecule has 0 saturated carbocycles. The Morgan fingerprint density at radius 1 is 0.800 bits per heavy atom. The normalized spacial score (nSPS) is 11.7. The highest BCUT2D eigenvalue weighted by atomic mass is 16.5. The lowest BCUT2D eigenvalue weighted by molar-refractivity contribution is 0.216. The van der Waals surface area contributed by atoms with Gasteiger partial charge in [-0.15, -0.1) is 0 Å². The largest absolute Gasteiger partial charge is 0.496 e. The van der Waals surface area contributed by atoms with Crippen LogP contribution in [0, 0.1) is 0 Å². The zero-order chi connectivity index (χ0) is 20.9. The van der Waals surface area contributed by atoms with Crippen molar-refractivity contribution in [1.29, 1.82) is 0 Å².